The fraction of sp³-hybridized carbons (Fsp3) is 0.625. The van der Waals surface area contributed by atoms with Gasteiger partial charge in [0.1, 0.15) is 5.52 Å². The van der Waals surface area contributed by atoms with Crippen LogP contribution in [0.1, 0.15) is 19.8 Å². The van der Waals surface area contributed by atoms with Gasteiger partial charge in [-0.15, -0.1) is 0 Å². The predicted molar refractivity (Wildman–Crippen MR) is 92.6 cm³/mol. The minimum atomic E-state index is 0.322. The second-order valence-electron chi connectivity index (χ2n) is 5.91. The van der Waals surface area contributed by atoms with Gasteiger partial charge in [-0.25, -0.2) is 4.98 Å². The quantitative estimate of drug-likeness (QED) is 0.754. The number of rotatable bonds is 7. The Labute approximate surface area is 136 Å². The van der Waals surface area contributed by atoms with E-state index in [0.717, 1.165) is 75.6 Å². The van der Waals surface area contributed by atoms with Crippen LogP contribution in [0.15, 0.2) is 12.3 Å². The number of nitrogen functional groups attached to an aromatic ring is 1. The summed E-state index contributed by atoms with van der Waals surface area (Å²) in [4.78, 5) is 11.2. The lowest BCUT2D eigenvalue weighted by atomic mass is 10.3. The van der Waals surface area contributed by atoms with Crippen molar-refractivity contribution in [2.24, 2.45) is 0 Å². The molecule has 1 aliphatic rings. The maximum Gasteiger partial charge on any atom is 0.222 e. The summed E-state index contributed by atoms with van der Waals surface area (Å²) < 4.78 is 7.62. The van der Waals surface area contributed by atoms with Gasteiger partial charge in [0.2, 0.25) is 5.95 Å². The van der Waals surface area contributed by atoms with E-state index in [1.807, 2.05) is 6.07 Å². The van der Waals surface area contributed by atoms with Gasteiger partial charge in [-0.2, -0.15) is 4.98 Å². The molecule has 3 rings (SSSR count). The van der Waals surface area contributed by atoms with E-state index in [9.17, 15) is 0 Å². The first-order valence-electron chi connectivity index (χ1n) is 8.44. The number of anilines is 2. The van der Waals surface area contributed by atoms with E-state index in [-0.39, 0.29) is 0 Å². The lowest BCUT2D eigenvalue weighted by molar-refractivity contribution is 0.0365. The summed E-state index contributed by atoms with van der Waals surface area (Å²) >= 11 is 0. The molecule has 126 valence electrons. The highest BCUT2D eigenvalue weighted by atomic mass is 16.5. The Morgan fingerprint density at radius 3 is 2.87 bits per heavy atom. The van der Waals surface area contributed by atoms with Crippen LogP contribution in [0, 0.1) is 0 Å². The van der Waals surface area contributed by atoms with Crippen LogP contribution in [0.25, 0.3) is 11.0 Å². The first-order chi connectivity index (χ1) is 11.3. The van der Waals surface area contributed by atoms with Gasteiger partial charge in [0.25, 0.3) is 0 Å². The van der Waals surface area contributed by atoms with Gasteiger partial charge in [0.15, 0.2) is 5.82 Å². The van der Waals surface area contributed by atoms with Crippen molar-refractivity contribution in [1.82, 2.24) is 19.4 Å². The molecule has 0 bridgehead atoms. The zero-order valence-corrected chi connectivity index (χ0v) is 13.8. The van der Waals surface area contributed by atoms with Crippen molar-refractivity contribution in [2.45, 2.75) is 26.3 Å². The van der Waals surface area contributed by atoms with Crippen molar-refractivity contribution in [1.29, 1.82) is 0 Å². The van der Waals surface area contributed by atoms with Crippen LogP contribution in [-0.2, 0) is 11.3 Å². The summed E-state index contributed by atoms with van der Waals surface area (Å²) in [5.41, 5.74) is 7.78. The summed E-state index contributed by atoms with van der Waals surface area (Å²) in [5, 5.41) is 3.41. The lowest BCUT2D eigenvalue weighted by Crippen LogP contribution is -2.38. The first kappa shape index (κ1) is 16.0. The standard InChI is InChI=1S/C16H26N6O/c1-2-3-5-18-15-14-13(19-16(17)20-15)4-6-22(14)8-7-21-9-11-23-12-10-21/h4,6H,2-3,5,7-12H2,1H3,(H3,17,18,19,20). The van der Waals surface area contributed by atoms with E-state index >= 15 is 0 Å². The Hall–Kier alpha value is -1.86. The molecule has 0 atom stereocenters. The molecular weight excluding hydrogens is 292 g/mol. The summed E-state index contributed by atoms with van der Waals surface area (Å²) in [6.07, 6.45) is 4.33. The largest absolute Gasteiger partial charge is 0.379 e. The maximum absolute atomic E-state index is 5.84. The average molecular weight is 318 g/mol. The second-order valence-corrected chi connectivity index (χ2v) is 5.91. The molecule has 0 saturated carbocycles. The van der Waals surface area contributed by atoms with Crippen molar-refractivity contribution in [2.75, 3.05) is 50.4 Å². The first-order valence-corrected chi connectivity index (χ1v) is 8.44. The fourth-order valence-corrected chi connectivity index (χ4v) is 2.89. The molecule has 3 heterocycles. The van der Waals surface area contributed by atoms with Crippen LogP contribution in [0.3, 0.4) is 0 Å². The van der Waals surface area contributed by atoms with E-state index in [2.05, 4.69) is 37.9 Å². The highest BCUT2D eigenvalue weighted by Crippen LogP contribution is 2.22. The van der Waals surface area contributed by atoms with Crippen molar-refractivity contribution in [3.63, 3.8) is 0 Å². The number of ether oxygens (including phenoxy) is 1. The number of morpholine rings is 1. The normalized spacial score (nSPS) is 16.0. The Morgan fingerprint density at radius 1 is 1.26 bits per heavy atom. The summed E-state index contributed by atoms with van der Waals surface area (Å²) in [5.74, 6) is 1.16. The van der Waals surface area contributed by atoms with Crippen molar-refractivity contribution in [3.05, 3.63) is 12.3 Å². The van der Waals surface area contributed by atoms with Crippen molar-refractivity contribution >= 4 is 22.8 Å². The van der Waals surface area contributed by atoms with Crippen LogP contribution in [-0.4, -0.2) is 58.8 Å². The molecule has 23 heavy (non-hydrogen) atoms. The molecule has 0 amide bonds. The summed E-state index contributed by atoms with van der Waals surface area (Å²) in [6, 6.07) is 2.01. The fourth-order valence-electron chi connectivity index (χ4n) is 2.89. The zero-order valence-electron chi connectivity index (χ0n) is 13.8. The number of nitrogens with two attached hydrogens (primary N) is 1. The van der Waals surface area contributed by atoms with Crippen LogP contribution < -0.4 is 11.1 Å². The second kappa shape index (κ2) is 7.61. The van der Waals surface area contributed by atoms with E-state index in [0.29, 0.717) is 5.95 Å². The molecule has 7 heteroatoms. The Balaban J connectivity index is 1.76. The number of nitrogens with zero attached hydrogens (tertiary/aromatic N) is 4. The zero-order chi connectivity index (χ0) is 16.1. The maximum atomic E-state index is 5.84. The van der Waals surface area contributed by atoms with Crippen molar-refractivity contribution < 1.29 is 4.74 Å². The molecule has 1 fully saturated rings. The Bertz CT molecular complexity index is 635. The SMILES string of the molecule is CCCCNc1nc(N)nc2ccn(CCN3CCOCC3)c12. The minimum Gasteiger partial charge on any atom is -0.379 e. The predicted octanol–water partition coefficient (Wildman–Crippen LogP) is 1.56. The molecule has 0 radical (unpaired) electrons. The third-order valence-corrected chi connectivity index (χ3v) is 4.21. The molecule has 2 aromatic heterocycles. The molecular formula is C16H26N6O. The molecule has 1 aliphatic heterocycles. The van der Waals surface area contributed by atoms with Crippen LogP contribution in [0.4, 0.5) is 11.8 Å². The van der Waals surface area contributed by atoms with E-state index in [4.69, 9.17) is 10.5 Å². The third kappa shape index (κ3) is 3.92. The summed E-state index contributed by atoms with van der Waals surface area (Å²) in [6.45, 7) is 8.67. The highest BCUT2D eigenvalue weighted by molar-refractivity contribution is 5.87. The average Bonchev–Trinajstić information content (AvgIpc) is 2.97. The Kier molecular flexibility index (Phi) is 5.30. The number of hydrogen-bond acceptors (Lipinski definition) is 6. The van der Waals surface area contributed by atoms with Crippen LogP contribution in [0.2, 0.25) is 0 Å². The Morgan fingerprint density at radius 2 is 2.09 bits per heavy atom. The minimum absolute atomic E-state index is 0.322. The molecule has 2 aromatic rings. The van der Waals surface area contributed by atoms with Gasteiger partial charge in [-0.3, -0.25) is 4.90 Å². The van der Waals surface area contributed by atoms with Crippen LogP contribution >= 0.6 is 0 Å². The number of hydrogen-bond donors (Lipinski definition) is 2. The lowest BCUT2D eigenvalue weighted by Gasteiger charge is -2.26. The number of unbranched alkanes of at least 4 members (excludes halogenated alkanes) is 1. The molecule has 1 saturated heterocycles. The number of fused-ring (bicyclic) bond motifs is 1. The molecule has 7 nitrogen and oxygen atoms in total. The molecule has 3 N–H and O–H groups in total. The highest BCUT2D eigenvalue weighted by Gasteiger charge is 2.14. The number of aromatic nitrogens is 3. The summed E-state index contributed by atoms with van der Waals surface area (Å²) in [7, 11) is 0. The smallest absolute Gasteiger partial charge is 0.222 e. The molecule has 0 unspecified atom stereocenters. The van der Waals surface area contributed by atoms with Gasteiger partial charge in [-0.05, 0) is 12.5 Å². The van der Waals surface area contributed by atoms with Crippen LogP contribution in [0.5, 0.6) is 0 Å². The van der Waals surface area contributed by atoms with E-state index in [1.165, 1.54) is 0 Å². The topological polar surface area (TPSA) is 81.2 Å². The van der Waals surface area contributed by atoms with E-state index in [1.54, 1.807) is 0 Å². The molecule has 0 spiro atoms. The monoisotopic (exact) mass is 318 g/mol. The van der Waals surface area contributed by atoms with Gasteiger partial charge in [0.05, 0.1) is 18.7 Å². The number of nitrogens with one attached hydrogen (secondary N) is 1. The van der Waals surface area contributed by atoms with Gasteiger partial charge < -0.3 is 20.4 Å². The molecule has 0 aromatic carbocycles. The van der Waals surface area contributed by atoms with Gasteiger partial charge in [0, 0.05) is 38.9 Å². The molecule has 0 aliphatic carbocycles. The van der Waals surface area contributed by atoms with Crippen molar-refractivity contribution in [3.8, 4) is 0 Å². The van der Waals surface area contributed by atoms with Gasteiger partial charge in [-0.1, -0.05) is 13.3 Å². The van der Waals surface area contributed by atoms with Gasteiger partial charge >= 0.3 is 0 Å². The van der Waals surface area contributed by atoms with E-state index < -0.39 is 0 Å². The third-order valence-electron chi connectivity index (χ3n) is 4.21.